The molecule has 0 spiro atoms. The van der Waals surface area contributed by atoms with Crippen molar-refractivity contribution in [3.05, 3.63) is 0 Å². The normalized spacial score (nSPS) is 13.1. The minimum absolute atomic E-state index is 0.0543. The molecule has 0 aliphatic heterocycles. The molecule has 1 N–H and O–H groups in total. The van der Waals surface area contributed by atoms with Gasteiger partial charge in [-0.2, -0.15) is 11.8 Å². The van der Waals surface area contributed by atoms with Crippen molar-refractivity contribution in [2.75, 3.05) is 37.9 Å². The maximum absolute atomic E-state index is 11.5. The summed E-state index contributed by atoms with van der Waals surface area (Å²) in [5.41, 5.74) is 0.541. The molecule has 0 atom stereocenters. The van der Waals surface area contributed by atoms with Crippen LogP contribution in [0.3, 0.4) is 0 Å². The fourth-order valence-corrected chi connectivity index (χ4v) is 4.03. The molecule has 1 amide bonds. The highest BCUT2D eigenvalue weighted by Crippen LogP contribution is 2.24. The third kappa shape index (κ3) is 46.7. The number of hydrogen-bond donors (Lipinski definition) is 1. The summed E-state index contributed by atoms with van der Waals surface area (Å²) >= 11 is 2.13. The lowest BCUT2D eigenvalue weighted by atomic mass is 9.91. The van der Waals surface area contributed by atoms with Gasteiger partial charge in [0.2, 0.25) is 5.91 Å². The van der Waals surface area contributed by atoms with Crippen LogP contribution in [-0.2, 0) is 19.0 Å². The summed E-state index contributed by atoms with van der Waals surface area (Å²) in [7, 11) is 0. The van der Waals surface area contributed by atoms with Crippen LogP contribution < -0.4 is 5.32 Å². The topological polar surface area (TPSA) is 56.8 Å². The molecule has 0 bridgehead atoms. The maximum Gasteiger partial charge on any atom is 0.225 e. The van der Waals surface area contributed by atoms with E-state index in [0.29, 0.717) is 37.2 Å². The predicted octanol–water partition coefficient (Wildman–Crippen LogP) is 10.3. The van der Waals surface area contributed by atoms with Gasteiger partial charge < -0.3 is 19.5 Å². The Bertz CT molecular complexity index is 617. The number of rotatable bonds is 13. The molecule has 6 heteroatoms. The molecule has 0 heterocycles. The zero-order valence-electron chi connectivity index (χ0n) is 31.8. The number of amides is 1. The average Bonchev–Trinajstić information content (AvgIpc) is 2.72. The lowest BCUT2D eigenvalue weighted by molar-refractivity contribution is -0.128. The molecule has 0 rings (SSSR count). The van der Waals surface area contributed by atoms with Gasteiger partial charge in [0.15, 0.2) is 0 Å². The van der Waals surface area contributed by atoms with Crippen molar-refractivity contribution in [2.45, 2.75) is 174 Å². The number of nitrogens with one attached hydrogen (secondary N) is 1. The van der Waals surface area contributed by atoms with E-state index in [1.165, 1.54) is 37.2 Å². The molecule has 0 aliphatic rings. The fourth-order valence-electron chi connectivity index (χ4n) is 3.12. The van der Waals surface area contributed by atoms with Crippen LogP contribution in [0.25, 0.3) is 0 Å². The van der Waals surface area contributed by atoms with E-state index in [4.69, 9.17) is 14.2 Å². The molecule has 0 aromatic rings. The Balaban J connectivity index is -0.000000547. The summed E-state index contributed by atoms with van der Waals surface area (Å²) in [6, 6.07) is 0. The number of thioether (sulfide) groups is 1. The first-order valence-electron chi connectivity index (χ1n) is 16.3. The summed E-state index contributed by atoms with van der Waals surface area (Å²) in [5, 5.41) is 2.89. The van der Waals surface area contributed by atoms with E-state index < -0.39 is 0 Å². The standard InChI is InChI=1S/C14H30S.C12H25NO2.C10H22O2/c1-13(2,3)9-7-11-15-12-8-10-14(4,5)6;1-11(2,3)10(14)13-8-7-9-15-12(4,5)6;1-9(2,3)11-7-8-12-10(4,5)6/h7-12H2,1-6H3;7-9H2,1-6H3,(H,13,14);7-8H2,1-6H3. The first-order chi connectivity index (χ1) is 18.5. The minimum atomic E-state index is -0.301. The second-order valence-corrected chi connectivity index (χ2v) is 18.9. The van der Waals surface area contributed by atoms with Gasteiger partial charge in [-0.15, -0.1) is 0 Å². The molecule has 0 fully saturated rings. The highest BCUT2D eigenvalue weighted by molar-refractivity contribution is 7.99. The van der Waals surface area contributed by atoms with E-state index in [9.17, 15) is 4.79 Å². The highest BCUT2D eigenvalue weighted by Gasteiger charge is 2.20. The van der Waals surface area contributed by atoms with Crippen LogP contribution in [0, 0.1) is 16.2 Å². The molecule has 0 saturated heterocycles. The summed E-state index contributed by atoms with van der Waals surface area (Å²) in [6.07, 6.45) is 6.34. The average molecular weight is 620 g/mol. The Morgan fingerprint density at radius 1 is 0.524 bits per heavy atom. The van der Waals surface area contributed by atoms with Crippen LogP contribution in [-0.4, -0.2) is 60.6 Å². The molecule has 0 aromatic heterocycles. The van der Waals surface area contributed by atoms with Gasteiger partial charge in [0.25, 0.3) is 0 Å². The van der Waals surface area contributed by atoms with Crippen molar-refractivity contribution in [1.82, 2.24) is 5.32 Å². The van der Waals surface area contributed by atoms with Gasteiger partial charge >= 0.3 is 0 Å². The van der Waals surface area contributed by atoms with Crippen LogP contribution in [0.15, 0.2) is 0 Å². The van der Waals surface area contributed by atoms with Crippen LogP contribution in [0.2, 0.25) is 0 Å². The summed E-state index contributed by atoms with van der Waals surface area (Å²) in [5.74, 6) is 2.79. The largest absolute Gasteiger partial charge is 0.376 e. The predicted molar refractivity (Wildman–Crippen MR) is 189 cm³/mol. The Labute approximate surface area is 269 Å². The first-order valence-corrected chi connectivity index (χ1v) is 17.5. The monoisotopic (exact) mass is 620 g/mol. The van der Waals surface area contributed by atoms with Crippen molar-refractivity contribution in [1.29, 1.82) is 0 Å². The number of hydrogen-bond acceptors (Lipinski definition) is 5. The number of carbonyl (C=O) groups is 1. The molecule has 256 valence electrons. The van der Waals surface area contributed by atoms with E-state index in [2.05, 4.69) is 58.6 Å². The van der Waals surface area contributed by atoms with Crippen molar-refractivity contribution >= 4 is 17.7 Å². The Hall–Kier alpha value is -0.300. The van der Waals surface area contributed by atoms with E-state index in [-0.39, 0.29) is 28.1 Å². The molecular formula is C36H77NO4S. The van der Waals surface area contributed by atoms with Gasteiger partial charge in [0, 0.05) is 18.6 Å². The van der Waals surface area contributed by atoms with E-state index in [1.54, 1.807) is 0 Å². The molecule has 0 aliphatic carbocycles. The van der Waals surface area contributed by atoms with E-state index >= 15 is 0 Å². The number of carbonyl (C=O) groups excluding carboxylic acids is 1. The van der Waals surface area contributed by atoms with E-state index in [0.717, 1.165) is 6.42 Å². The third-order valence-electron chi connectivity index (χ3n) is 5.41. The van der Waals surface area contributed by atoms with Crippen LogP contribution in [0.4, 0.5) is 0 Å². The van der Waals surface area contributed by atoms with Gasteiger partial charge in [0.1, 0.15) is 0 Å². The molecule has 5 nitrogen and oxygen atoms in total. The lowest BCUT2D eigenvalue weighted by Crippen LogP contribution is -2.35. The molecule has 0 unspecified atom stereocenters. The quantitative estimate of drug-likeness (QED) is 0.208. The fraction of sp³-hybridized carbons (Fsp3) is 0.972. The van der Waals surface area contributed by atoms with Crippen molar-refractivity contribution in [3.8, 4) is 0 Å². The minimum Gasteiger partial charge on any atom is -0.376 e. The Kier molecular flexibility index (Phi) is 23.5. The Morgan fingerprint density at radius 2 is 0.857 bits per heavy atom. The second kappa shape index (κ2) is 21.4. The van der Waals surface area contributed by atoms with Crippen LogP contribution in [0.1, 0.15) is 157 Å². The molecule has 0 radical (unpaired) electrons. The zero-order chi connectivity index (χ0) is 33.9. The summed E-state index contributed by atoms with van der Waals surface area (Å²) in [4.78, 5) is 11.5. The van der Waals surface area contributed by atoms with Crippen molar-refractivity contribution in [2.24, 2.45) is 16.2 Å². The first kappa shape index (κ1) is 46.1. The SMILES string of the molecule is CC(C)(C)CCCSCCCC(C)(C)C.CC(C)(C)OCCCNC(=O)C(C)(C)C.CC(C)(C)OCCOC(C)(C)C. The Morgan fingerprint density at radius 3 is 1.14 bits per heavy atom. The lowest BCUT2D eigenvalue weighted by Gasteiger charge is -2.23. The number of ether oxygens (including phenoxy) is 3. The van der Waals surface area contributed by atoms with E-state index in [1.807, 2.05) is 83.1 Å². The second-order valence-electron chi connectivity index (χ2n) is 17.7. The smallest absolute Gasteiger partial charge is 0.225 e. The van der Waals surface area contributed by atoms with Gasteiger partial charge in [0.05, 0.1) is 30.0 Å². The molecular weight excluding hydrogens is 542 g/mol. The highest BCUT2D eigenvalue weighted by atomic mass is 32.2. The van der Waals surface area contributed by atoms with Crippen LogP contribution >= 0.6 is 11.8 Å². The van der Waals surface area contributed by atoms with Crippen LogP contribution in [0.5, 0.6) is 0 Å². The van der Waals surface area contributed by atoms with Gasteiger partial charge in [-0.25, -0.2) is 0 Å². The van der Waals surface area contributed by atoms with Gasteiger partial charge in [-0.05, 0) is 117 Å². The molecule has 0 saturated carbocycles. The zero-order valence-corrected chi connectivity index (χ0v) is 32.6. The molecule has 42 heavy (non-hydrogen) atoms. The maximum atomic E-state index is 11.5. The van der Waals surface area contributed by atoms with Crippen molar-refractivity contribution < 1.29 is 19.0 Å². The third-order valence-corrected chi connectivity index (χ3v) is 6.56. The summed E-state index contributed by atoms with van der Waals surface area (Å²) in [6.45, 7) is 40.8. The van der Waals surface area contributed by atoms with Gasteiger partial charge in [-0.1, -0.05) is 62.3 Å². The molecule has 0 aromatic carbocycles. The van der Waals surface area contributed by atoms with Crippen molar-refractivity contribution in [3.63, 3.8) is 0 Å². The van der Waals surface area contributed by atoms with Gasteiger partial charge in [-0.3, -0.25) is 4.79 Å². The summed E-state index contributed by atoms with van der Waals surface area (Å²) < 4.78 is 16.5.